The summed E-state index contributed by atoms with van der Waals surface area (Å²) in [6.07, 6.45) is 7.84. The van der Waals surface area contributed by atoms with Crippen LogP contribution >= 0.6 is 0 Å². The fourth-order valence-electron chi connectivity index (χ4n) is 2.21. The Balaban J connectivity index is 1.76. The second-order valence-electron chi connectivity index (χ2n) is 6.33. The van der Waals surface area contributed by atoms with Gasteiger partial charge in [0, 0.05) is 6.20 Å². The summed E-state index contributed by atoms with van der Waals surface area (Å²) in [5.74, 6) is 0.352. The van der Waals surface area contributed by atoms with Crippen molar-refractivity contribution in [2.75, 3.05) is 11.9 Å². The van der Waals surface area contributed by atoms with Gasteiger partial charge in [0.05, 0.1) is 24.3 Å². The molecule has 3 rings (SSSR count). The maximum atomic E-state index is 12.2. The minimum Gasteiger partial charge on any atom is -0.375 e. The maximum Gasteiger partial charge on any atom is 0.229 e. The second kappa shape index (κ2) is 5.96. The molecule has 6 nitrogen and oxygen atoms in total. The van der Waals surface area contributed by atoms with Gasteiger partial charge in [0.1, 0.15) is 5.52 Å². The van der Waals surface area contributed by atoms with Crippen molar-refractivity contribution < 1.29 is 9.53 Å². The van der Waals surface area contributed by atoms with Gasteiger partial charge in [-0.1, -0.05) is 6.08 Å². The third-order valence-corrected chi connectivity index (χ3v) is 3.32. The highest BCUT2D eigenvalue weighted by atomic mass is 16.5. The largest absolute Gasteiger partial charge is 0.375 e. The first-order valence-corrected chi connectivity index (χ1v) is 7.60. The van der Waals surface area contributed by atoms with Crippen LogP contribution in [0.1, 0.15) is 27.2 Å². The molecular formula is C17H20N4O2. The SMILES string of the molecule is CC(C)(C)OCCC(=O)Nc1nc2cccnc2n1C1=CC=C1. The first-order valence-electron chi connectivity index (χ1n) is 7.60. The molecule has 0 atom stereocenters. The lowest BCUT2D eigenvalue weighted by Crippen LogP contribution is -2.23. The van der Waals surface area contributed by atoms with Gasteiger partial charge in [-0.2, -0.15) is 0 Å². The molecule has 23 heavy (non-hydrogen) atoms. The Morgan fingerprint density at radius 3 is 2.83 bits per heavy atom. The Bertz CT molecular complexity index is 797. The molecule has 1 N–H and O–H groups in total. The van der Waals surface area contributed by atoms with Crippen LogP contribution in [0.15, 0.2) is 36.6 Å². The normalized spacial score (nSPS) is 13.8. The number of fused-ring (bicyclic) bond motifs is 1. The van der Waals surface area contributed by atoms with Crippen LogP contribution in [0.2, 0.25) is 0 Å². The number of allylic oxidation sites excluding steroid dienone is 4. The molecule has 2 heterocycles. The zero-order valence-corrected chi connectivity index (χ0v) is 13.5. The summed E-state index contributed by atoms with van der Waals surface area (Å²) < 4.78 is 7.43. The lowest BCUT2D eigenvalue weighted by Gasteiger charge is -2.19. The Labute approximate surface area is 134 Å². The van der Waals surface area contributed by atoms with Crippen molar-refractivity contribution in [1.29, 1.82) is 0 Å². The molecule has 0 spiro atoms. The number of imidazole rings is 1. The van der Waals surface area contributed by atoms with Gasteiger partial charge in [-0.3, -0.25) is 14.7 Å². The summed E-state index contributed by atoms with van der Waals surface area (Å²) in [6.45, 7) is 6.26. The van der Waals surface area contributed by atoms with Gasteiger partial charge >= 0.3 is 0 Å². The zero-order valence-electron chi connectivity index (χ0n) is 13.5. The quantitative estimate of drug-likeness (QED) is 0.921. The summed E-state index contributed by atoms with van der Waals surface area (Å²) in [4.78, 5) is 21.0. The van der Waals surface area contributed by atoms with E-state index in [-0.39, 0.29) is 17.9 Å². The van der Waals surface area contributed by atoms with Gasteiger partial charge in [0.15, 0.2) is 5.65 Å². The number of carbonyl (C=O) groups excluding carboxylic acids is 1. The Kier molecular flexibility index (Phi) is 4.00. The highest BCUT2D eigenvalue weighted by molar-refractivity contribution is 5.93. The van der Waals surface area contributed by atoms with E-state index in [9.17, 15) is 4.79 Å². The third-order valence-electron chi connectivity index (χ3n) is 3.32. The molecule has 6 heteroatoms. The van der Waals surface area contributed by atoms with Crippen molar-refractivity contribution in [3.8, 4) is 0 Å². The van der Waals surface area contributed by atoms with Crippen LogP contribution in [0.25, 0.3) is 16.9 Å². The van der Waals surface area contributed by atoms with E-state index in [0.29, 0.717) is 12.6 Å². The van der Waals surface area contributed by atoms with E-state index in [0.717, 1.165) is 16.9 Å². The van der Waals surface area contributed by atoms with Crippen LogP contribution in [0.3, 0.4) is 0 Å². The van der Waals surface area contributed by atoms with Gasteiger partial charge < -0.3 is 4.74 Å². The van der Waals surface area contributed by atoms with E-state index >= 15 is 0 Å². The van der Waals surface area contributed by atoms with Crippen LogP contribution in [0.4, 0.5) is 5.95 Å². The smallest absolute Gasteiger partial charge is 0.229 e. The van der Waals surface area contributed by atoms with Crippen molar-refractivity contribution in [3.63, 3.8) is 0 Å². The summed E-state index contributed by atoms with van der Waals surface area (Å²) in [6, 6.07) is 3.70. The van der Waals surface area contributed by atoms with Crippen LogP contribution in [0, 0.1) is 0 Å². The van der Waals surface area contributed by atoms with E-state index in [4.69, 9.17) is 4.74 Å². The van der Waals surface area contributed by atoms with E-state index in [1.165, 1.54) is 0 Å². The highest BCUT2D eigenvalue weighted by Crippen LogP contribution is 2.26. The molecule has 0 fully saturated rings. The van der Waals surface area contributed by atoms with E-state index in [2.05, 4.69) is 15.3 Å². The standard InChI is InChI=1S/C17H20N4O2/c1-17(2,3)23-11-9-14(22)20-16-19-13-8-5-10-18-15(13)21(16)12-6-4-7-12/h4-8,10H,9,11H2,1-3H3,(H,19,20,22). The fraction of sp³-hybridized carbons (Fsp3) is 0.353. The molecule has 0 radical (unpaired) electrons. The predicted molar refractivity (Wildman–Crippen MR) is 89.9 cm³/mol. The van der Waals surface area contributed by atoms with Crippen molar-refractivity contribution >= 4 is 28.7 Å². The van der Waals surface area contributed by atoms with E-state index in [1.807, 2.05) is 55.7 Å². The van der Waals surface area contributed by atoms with E-state index < -0.39 is 0 Å². The topological polar surface area (TPSA) is 69.0 Å². The molecule has 120 valence electrons. The maximum absolute atomic E-state index is 12.2. The Morgan fingerprint density at radius 2 is 2.17 bits per heavy atom. The molecular weight excluding hydrogens is 292 g/mol. The summed E-state index contributed by atoms with van der Waals surface area (Å²) >= 11 is 0. The van der Waals surface area contributed by atoms with Gasteiger partial charge in [-0.05, 0) is 45.1 Å². The Hall–Kier alpha value is -2.47. The number of nitrogens with one attached hydrogen (secondary N) is 1. The molecule has 2 aromatic heterocycles. The molecule has 0 aliphatic heterocycles. The number of hydrogen-bond donors (Lipinski definition) is 1. The van der Waals surface area contributed by atoms with Gasteiger partial charge in [0.25, 0.3) is 0 Å². The Morgan fingerprint density at radius 1 is 1.39 bits per heavy atom. The molecule has 2 aromatic rings. The predicted octanol–water partition coefficient (Wildman–Crippen LogP) is 2.99. The lowest BCUT2D eigenvalue weighted by molar-refractivity contribution is -0.118. The molecule has 1 amide bonds. The van der Waals surface area contributed by atoms with Gasteiger partial charge in [-0.25, -0.2) is 9.97 Å². The molecule has 0 unspecified atom stereocenters. The minimum atomic E-state index is -0.251. The van der Waals surface area contributed by atoms with Gasteiger partial charge in [-0.15, -0.1) is 0 Å². The first-order chi connectivity index (χ1) is 10.9. The minimum absolute atomic E-state index is 0.130. The second-order valence-corrected chi connectivity index (χ2v) is 6.33. The lowest BCUT2D eigenvalue weighted by atomic mass is 10.2. The van der Waals surface area contributed by atoms with Crippen LogP contribution in [-0.4, -0.2) is 32.7 Å². The molecule has 0 saturated heterocycles. The van der Waals surface area contributed by atoms with Crippen molar-refractivity contribution in [2.24, 2.45) is 0 Å². The summed E-state index contributed by atoms with van der Waals surface area (Å²) in [5, 5.41) is 2.85. The number of ether oxygens (including phenoxy) is 1. The number of hydrogen-bond acceptors (Lipinski definition) is 4. The van der Waals surface area contributed by atoms with E-state index in [1.54, 1.807) is 6.20 Å². The monoisotopic (exact) mass is 312 g/mol. The fourth-order valence-corrected chi connectivity index (χ4v) is 2.21. The highest BCUT2D eigenvalue weighted by Gasteiger charge is 2.18. The van der Waals surface area contributed by atoms with Gasteiger partial charge in [0.2, 0.25) is 11.9 Å². The summed E-state index contributed by atoms with van der Waals surface area (Å²) in [5.41, 5.74) is 2.17. The number of aromatic nitrogens is 3. The number of amides is 1. The average Bonchev–Trinajstić information content (AvgIpc) is 2.74. The number of rotatable bonds is 5. The number of anilines is 1. The number of carbonyl (C=O) groups is 1. The van der Waals surface area contributed by atoms with Crippen molar-refractivity contribution in [3.05, 3.63) is 36.6 Å². The van der Waals surface area contributed by atoms with Crippen molar-refractivity contribution in [2.45, 2.75) is 32.8 Å². The third kappa shape index (κ3) is 3.48. The molecule has 1 aliphatic carbocycles. The molecule has 1 aliphatic rings. The summed E-state index contributed by atoms with van der Waals surface area (Å²) in [7, 11) is 0. The molecule has 0 saturated carbocycles. The van der Waals surface area contributed by atoms with Crippen LogP contribution in [0.5, 0.6) is 0 Å². The molecule has 0 bridgehead atoms. The first kappa shape index (κ1) is 15.4. The number of pyridine rings is 1. The molecule has 0 aromatic carbocycles. The van der Waals surface area contributed by atoms with Crippen molar-refractivity contribution in [1.82, 2.24) is 14.5 Å². The van der Waals surface area contributed by atoms with Crippen LogP contribution in [-0.2, 0) is 9.53 Å². The zero-order chi connectivity index (χ0) is 16.4. The average molecular weight is 312 g/mol. The number of nitrogens with zero attached hydrogens (tertiary/aromatic N) is 3. The van der Waals surface area contributed by atoms with Crippen LogP contribution < -0.4 is 5.32 Å².